The number of alkyl halides is 3. The Balaban J connectivity index is 1.27. The van der Waals surface area contributed by atoms with Crippen molar-refractivity contribution in [2.75, 3.05) is 23.1 Å². The summed E-state index contributed by atoms with van der Waals surface area (Å²) in [5.41, 5.74) is 0.144. The van der Waals surface area contributed by atoms with Gasteiger partial charge in [-0.2, -0.15) is 13.2 Å². The normalized spacial score (nSPS) is 11.2. The molecule has 0 unspecified atom stereocenters. The van der Waals surface area contributed by atoms with E-state index in [2.05, 4.69) is 35.9 Å². The van der Waals surface area contributed by atoms with Crippen LogP contribution in [-0.2, 0) is 10.9 Å². The summed E-state index contributed by atoms with van der Waals surface area (Å²) >= 11 is 0. The molecule has 3 aromatic carbocycles. The number of ether oxygens (including phenoxy) is 2. The number of halogens is 3. The number of hydrogen-bond acceptors (Lipinski definition) is 8. The highest BCUT2D eigenvalue weighted by Crippen LogP contribution is 2.33. The molecule has 0 saturated heterocycles. The molecule has 0 spiro atoms. The van der Waals surface area contributed by atoms with Crippen LogP contribution < -0.4 is 20.7 Å². The first-order chi connectivity index (χ1) is 19.6. The smallest absolute Gasteiger partial charge is 0.416 e. The Hall–Kier alpha value is -5.80. The molecule has 210 valence electrons. The molecule has 0 aliphatic rings. The predicted octanol–water partition coefficient (Wildman–Crippen LogP) is 5.49. The second-order valence-corrected chi connectivity index (χ2v) is 8.32. The molecule has 16 heteroatoms. The molecule has 5 aromatic rings. The van der Waals surface area contributed by atoms with Gasteiger partial charge in [-0.25, -0.2) is 14.6 Å². The lowest BCUT2D eigenvalue weighted by molar-refractivity contribution is -0.137. The van der Waals surface area contributed by atoms with Crippen molar-refractivity contribution in [1.82, 2.24) is 24.5 Å². The Morgan fingerprint density at radius 3 is 2.29 bits per heavy atom. The molecule has 41 heavy (non-hydrogen) atoms. The topological polar surface area (TPSA) is 157 Å². The number of carbonyl (C=O) groups excluding carboxylic acids is 2. The fourth-order valence-electron chi connectivity index (χ4n) is 3.72. The van der Waals surface area contributed by atoms with Crippen molar-refractivity contribution in [3.63, 3.8) is 0 Å². The first kappa shape index (κ1) is 26.8. The molecule has 5 rings (SSSR count). The number of amides is 3. The molecule has 3 amide bonds. The van der Waals surface area contributed by atoms with Gasteiger partial charge < -0.3 is 25.3 Å². The fourth-order valence-corrected chi connectivity index (χ4v) is 3.72. The van der Waals surface area contributed by atoms with Gasteiger partial charge in [0, 0.05) is 11.8 Å². The molecule has 0 atom stereocenters. The van der Waals surface area contributed by atoms with E-state index in [1.165, 1.54) is 48.6 Å². The molecule has 4 N–H and O–H groups in total. The number of imidazole rings is 1. The van der Waals surface area contributed by atoms with E-state index in [0.717, 1.165) is 12.1 Å². The Morgan fingerprint density at radius 2 is 1.61 bits per heavy atom. The van der Waals surface area contributed by atoms with E-state index in [1.807, 2.05) is 0 Å². The zero-order valence-corrected chi connectivity index (χ0v) is 20.9. The quantitative estimate of drug-likeness (QED) is 0.196. The number of anilines is 3. The van der Waals surface area contributed by atoms with Crippen LogP contribution in [0.3, 0.4) is 0 Å². The van der Waals surface area contributed by atoms with Crippen LogP contribution in [0.5, 0.6) is 11.5 Å². The minimum Gasteiger partial charge on any atom is -0.457 e. The third kappa shape index (κ3) is 5.95. The number of benzene rings is 3. The van der Waals surface area contributed by atoms with E-state index in [4.69, 9.17) is 4.74 Å². The number of urea groups is 1. The van der Waals surface area contributed by atoms with E-state index < -0.39 is 23.9 Å². The molecule has 0 bridgehead atoms. The zero-order valence-electron chi connectivity index (χ0n) is 20.9. The monoisotopic (exact) mass is 568 g/mol. The lowest BCUT2D eigenvalue weighted by atomic mass is 10.1. The first-order valence-electron chi connectivity index (χ1n) is 11.6. The van der Waals surface area contributed by atoms with Gasteiger partial charge in [0.15, 0.2) is 0 Å². The number of carbonyl (C=O) groups is 2. The van der Waals surface area contributed by atoms with Crippen LogP contribution >= 0.6 is 0 Å². The van der Waals surface area contributed by atoms with Gasteiger partial charge in [0.2, 0.25) is 5.95 Å². The van der Waals surface area contributed by atoms with E-state index in [9.17, 15) is 28.0 Å². The van der Waals surface area contributed by atoms with Crippen LogP contribution in [0, 0.1) is 0 Å². The molecule has 0 aliphatic heterocycles. The van der Waals surface area contributed by atoms with Crippen molar-refractivity contribution >= 4 is 40.5 Å². The number of nitrogens with one attached hydrogen (secondary N) is 3. The van der Waals surface area contributed by atoms with Gasteiger partial charge in [-0.15, -0.1) is 14.9 Å². The molecular formula is C25H19F3N8O5. The minimum absolute atomic E-state index is 0.111. The third-order valence-electron chi connectivity index (χ3n) is 5.62. The van der Waals surface area contributed by atoms with Crippen molar-refractivity contribution < 1.29 is 37.4 Å². The van der Waals surface area contributed by atoms with Crippen LogP contribution in [0.2, 0.25) is 0 Å². The van der Waals surface area contributed by atoms with Crippen LogP contribution in [0.4, 0.5) is 40.1 Å². The van der Waals surface area contributed by atoms with Crippen LogP contribution in [0.1, 0.15) is 5.56 Å². The molecule has 0 aliphatic carbocycles. The van der Waals surface area contributed by atoms with Crippen molar-refractivity contribution in [1.29, 1.82) is 0 Å². The van der Waals surface area contributed by atoms with E-state index >= 15 is 0 Å². The number of hydrogen-bond donors (Lipinski definition) is 4. The maximum absolute atomic E-state index is 13.3. The van der Waals surface area contributed by atoms with Crippen LogP contribution in [0.15, 0.2) is 73.3 Å². The number of aromatic nitrogens is 5. The largest absolute Gasteiger partial charge is 0.457 e. The zero-order chi connectivity index (χ0) is 29.1. The Labute approximate surface area is 228 Å². The van der Waals surface area contributed by atoms with Gasteiger partial charge >= 0.3 is 18.3 Å². The molecule has 13 nitrogen and oxygen atoms in total. The Kier molecular flexibility index (Phi) is 7.03. The minimum atomic E-state index is -4.61. The van der Waals surface area contributed by atoms with Gasteiger partial charge in [0.1, 0.15) is 29.7 Å². The second-order valence-electron chi connectivity index (χ2n) is 8.32. The van der Waals surface area contributed by atoms with Crippen LogP contribution in [0.25, 0.3) is 16.7 Å². The highest BCUT2D eigenvalue weighted by molar-refractivity contribution is 6.01. The Morgan fingerprint density at radius 1 is 0.902 bits per heavy atom. The third-order valence-corrected chi connectivity index (χ3v) is 5.62. The molecule has 2 heterocycles. The van der Waals surface area contributed by atoms with Gasteiger partial charge in [-0.3, -0.25) is 9.88 Å². The molecule has 0 fully saturated rings. The number of methoxy groups -OCH3 is 1. The average Bonchev–Trinajstić information content (AvgIpc) is 3.58. The maximum atomic E-state index is 13.3. The first-order valence-corrected chi connectivity index (χ1v) is 11.6. The highest BCUT2D eigenvalue weighted by Gasteiger charge is 2.31. The highest BCUT2D eigenvalue weighted by atomic mass is 19.4. The lowest BCUT2D eigenvalue weighted by Crippen LogP contribution is -2.21. The second kappa shape index (κ2) is 10.8. The van der Waals surface area contributed by atoms with Gasteiger partial charge in [0.05, 0.1) is 29.6 Å². The number of rotatable bonds is 6. The summed E-state index contributed by atoms with van der Waals surface area (Å²) in [7, 11) is 1.17. The van der Waals surface area contributed by atoms with Crippen molar-refractivity contribution in [2.24, 2.45) is 0 Å². The molecular weight excluding hydrogens is 549 g/mol. The van der Waals surface area contributed by atoms with E-state index in [0.29, 0.717) is 27.4 Å². The predicted molar refractivity (Wildman–Crippen MR) is 138 cm³/mol. The van der Waals surface area contributed by atoms with Gasteiger partial charge in [-0.1, -0.05) is 0 Å². The summed E-state index contributed by atoms with van der Waals surface area (Å²) in [6.07, 6.45) is -2.85. The fraction of sp³-hybridized carbons (Fsp3) is 0.0800. The SMILES string of the molecule is COC(=O)Nc1nc2ccc(Oc3ccc(NC(=O)Nc4cc(C(F)(F)F)ccc4-n4cnnc4)cc3)cc2n1O. The van der Waals surface area contributed by atoms with Crippen LogP contribution in [-0.4, -0.2) is 48.9 Å². The van der Waals surface area contributed by atoms with Crippen molar-refractivity contribution in [2.45, 2.75) is 6.18 Å². The average molecular weight is 568 g/mol. The van der Waals surface area contributed by atoms with Gasteiger partial charge in [0.25, 0.3) is 0 Å². The molecule has 2 aromatic heterocycles. The standard InChI is InChI=1S/C25H19F3N8O5/c1-40-24(38)34-22-32-18-8-7-17(11-21(18)36(22)39)41-16-5-3-15(4-6-16)31-23(37)33-19-10-14(25(26,27)28)2-9-20(19)35-12-29-30-13-35/h2-13,39H,1H3,(H2,31,33,37)(H,32,34,38). The summed E-state index contributed by atoms with van der Waals surface area (Å²) in [6, 6.07) is 12.9. The summed E-state index contributed by atoms with van der Waals surface area (Å²) in [4.78, 5) is 28.2. The maximum Gasteiger partial charge on any atom is 0.416 e. The lowest BCUT2D eigenvalue weighted by Gasteiger charge is -2.15. The Bertz CT molecular complexity index is 1720. The van der Waals surface area contributed by atoms with E-state index in [-0.39, 0.29) is 22.8 Å². The van der Waals surface area contributed by atoms with E-state index in [1.54, 1.807) is 24.3 Å². The molecule has 0 saturated carbocycles. The number of fused-ring (bicyclic) bond motifs is 1. The summed E-state index contributed by atoms with van der Waals surface area (Å²) in [5, 5.41) is 24.8. The summed E-state index contributed by atoms with van der Waals surface area (Å²) < 4.78 is 52.1. The van der Waals surface area contributed by atoms with Crippen molar-refractivity contribution in [3.8, 4) is 17.2 Å². The summed E-state index contributed by atoms with van der Waals surface area (Å²) in [5.74, 6) is 0.568. The summed E-state index contributed by atoms with van der Waals surface area (Å²) in [6.45, 7) is 0. The van der Waals surface area contributed by atoms with Gasteiger partial charge in [-0.05, 0) is 54.6 Å². The van der Waals surface area contributed by atoms with Crippen molar-refractivity contribution in [3.05, 3.63) is 78.9 Å². The molecule has 0 radical (unpaired) electrons. The number of nitrogens with zero attached hydrogens (tertiary/aromatic N) is 5.